The molecule has 0 atom stereocenters. The van der Waals surface area contributed by atoms with E-state index in [-0.39, 0.29) is 0 Å². The molecule has 160 valence electrons. The second-order valence-electron chi connectivity index (χ2n) is 7.65. The maximum absolute atomic E-state index is 10.1. The summed E-state index contributed by atoms with van der Waals surface area (Å²) in [5.41, 5.74) is 0. The highest BCUT2D eigenvalue weighted by Crippen LogP contribution is 2.13. The van der Waals surface area contributed by atoms with E-state index < -0.39 is 10.8 Å². The molecule has 0 spiro atoms. The van der Waals surface area contributed by atoms with Gasteiger partial charge >= 0.3 is 0 Å². The third kappa shape index (κ3) is 35.3. The van der Waals surface area contributed by atoms with E-state index in [0.717, 1.165) is 12.8 Å². The molecule has 4 nitrogen and oxygen atoms in total. The first-order valence-corrected chi connectivity index (χ1v) is 11.7. The van der Waals surface area contributed by atoms with Gasteiger partial charge < -0.3 is 14.2 Å². The lowest BCUT2D eigenvalue weighted by atomic mass is 10.0. The number of rotatable bonds is 18. The van der Waals surface area contributed by atoms with Crippen LogP contribution in [0.5, 0.6) is 0 Å². The number of halogens is 1. The molecule has 0 bridgehead atoms. The van der Waals surface area contributed by atoms with Gasteiger partial charge in [0, 0.05) is 4.29 Å². The smallest absolute Gasteiger partial charge is 0.285 e. The lowest BCUT2D eigenvalue weighted by Crippen LogP contribution is -2.34. The summed E-state index contributed by atoms with van der Waals surface area (Å²) in [4.78, 5) is 2.00. The van der Waals surface area contributed by atoms with Crippen LogP contribution in [0.1, 0.15) is 110 Å². The van der Waals surface area contributed by atoms with E-state index in [1.54, 1.807) is 0 Å². The van der Waals surface area contributed by atoms with E-state index in [1.807, 2.05) is 26.0 Å². The van der Waals surface area contributed by atoms with Crippen molar-refractivity contribution in [2.24, 2.45) is 0 Å². The van der Waals surface area contributed by atoms with Crippen LogP contribution >= 0.6 is 0 Å². The largest absolute Gasteiger partial charge is 0.320 e. The van der Waals surface area contributed by atoms with Gasteiger partial charge in [-0.3, -0.25) is 0 Å². The van der Waals surface area contributed by atoms with Crippen molar-refractivity contribution < 1.29 is 24.4 Å². The summed E-state index contributed by atoms with van der Waals surface area (Å²) >= 11 is 0. The molecule has 0 saturated heterocycles. The van der Waals surface area contributed by atoms with Crippen LogP contribution in [0.15, 0.2) is 0 Å². The Morgan fingerprint density at radius 3 is 1.12 bits per heavy atom. The lowest BCUT2D eigenvalue weighted by molar-refractivity contribution is -1.63. The molecule has 0 amide bonds. The number of hydrogen-bond acceptors (Lipinski definition) is 4. The predicted molar refractivity (Wildman–Crippen MR) is 105 cm³/mol. The second kappa shape index (κ2) is 25.1. The highest BCUT2D eigenvalue weighted by molar-refractivity contribution is 4.49. The molecular weight excluding hydrogens is 350 g/mol. The summed E-state index contributed by atoms with van der Waals surface area (Å²) in [5.74, 6) is 0. The van der Waals surface area contributed by atoms with Gasteiger partial charge in [0.15, 0.2) is 6.61 Å². The highest BCUT2D eigenvalue weighted by atomic mass is 35.6. The Morgan fingerprint density at radius 2 is 0.846 bits per heavy atom. The van der Waals surface area contributed by atoms with Crippen molar-refractivity contribution >= 4 is 0 Å². The summed E-state index contributed by atoms with van der Waals surface area (Å²) in [6.45, 7) is 2.60. The molecule has 0 unspecified atom stereocenters. The third-order valence-corrected chi connectivity index (χ3v) is 4.50. The minimum absolute atomic E-state index is 0.325. The van der Waals surface area contributed by atoms with Gasteiger partial charge in [0.25, 0.3) is 10.8 Å². The Morgan fingerprint density at radius 1 is 0.577 bits per heavy atom. The van der Waals surface area contributed by atoms with Crippen LogP contribution < -0.4 is 9.32 Å². The molecule has 0 N–H and O–H groups in total. The molecule has 5 heteroatoms. The highest BCUT2D eigenvalue weighted by Gasteiger charge is 2.04. The van der Waals surface area contributed by atoms with Gasteiger partial charge in [-0.1, -0.05) is 103 Å². The fourth-order valence-corrected chi connectivity index (χ4v) is 3.00. The zero-order valence-electron chi connectivity index (χ0n) is 18.1. The predicted octanol–water partition coefficient (Wildman–Crippen LogP) is 4.53. The van der Waals surface area contributed by atoms with Crippen LogP contribution in [0.3, 0.4) is 0 Å². The van der Waals surface area contributed by atoms with Crippen LogP contribution in [0.2, 0.25) is 0 Å². The molecule has 0 aliphatic heterocycles. The maximum Gasteiger partial charge on any atom is 0.285 e. The van der Waals surface area contributed by atoms with Gasteiger partial charge in [0.1, 0.15) is 0 Å². The van der Waals surface area contributed by atoms with Gasteiger partial charge in [0.05, 0.1) is 0 Å². The standard InChI is InChI=1S/C18H37ClO3.C3H9N/c1-2-3-4-5-6-7-8-9-10-11-12-13-14-15-16-17-18-22-19(20)21;1-4(2)3/h2-18H2,1H3;1-3H3. The SMILES string of the molecule is CCCCCCCCCCCCCCCCCCO[Cl+2]([O-])[O-].CN(C)C. The Balaban J connectivity index is 0. The molecule has 0 aliphatic carbocycles. The van der Waals surface area contributed by atoms with Gasteiger partial charge in [-0.25, -0.2) is 0 Å². The van der Waals surface area contributed by atoms with E-state index in [4.69, 9.17) is 0 Å². The average molecular weight is 396 g/mol. The summed E-state index contributed by atoms with van der Waals surface area (Å²) in [5, 5.41) is 0. The first-order valence-electron chi connectivity index (χ1n) is 10.8. The van der Waals surface area contributed by atoms with Gasteiger partial charge in [0.2, 0.25) is 0 Å². The van der Waals surface area contributed by atoms with Gasteiger partial charge in [-0.15, -0.1) is 0 Å². The first kappa shape index (κ1) is 28.3. The minimum Gasteiger partial charge on any atom is -0.320 e. The number of nitrogens with zero attached hydrogens (tertiary/aromatic N) is 1. The molecule has 0 fully saturated rings. The molecule has 0 aromatic heterocycles. The minimum atomic E-state index is -2.02. The molecule has 0 rings (SSSR count). The van der Waals surface area contributed by atoms with E-state index in [2.05, 4.69) is 11.2 Å². The molecule has 0 aromatic carbocycles. The molecule has 26 heavy (non-hydrogen) atoms. The van der Waals surface area contributed by atoms with Crippen LogP contribution in [0.25, 0.3) is 0 Å². The second-order valence-corrected chi connectivity index (χ2v) is 8.24. The van der Waals surface area contributed by atoms with Crippen LogP contribution in [-0.4, -0.2) is 32.6 Å². The lowest BCUT2D eigenvalue weighted by Gasteiger charge is -2.03. The fourth-order valence-electron chi connectivity index (χ4n) is 2.77. The van der Waals surface area contributed by atoms with E-state index in [0.29, 0.717) is 6.61 Å². The molecule has 0 aliphatic rings. The Kier molecular flexibility index (Phi) is 27.4. The summed E-state index contributed by atoms with van der Waals surface area (Å²) in [6.07, 6.45) is 21.2. The van der Waals surface area contributed by atoms with Crippen molar-refractivity contribution in [2.75, 3.05) is 27.7 Å². The van der Waals surface area contributed by atoms with Gasteiger partial charge in [-0.2, -0.15) is 0 Å². The van der Waals surface area contributed by atoms with Crippen molar-refractivity contribution in [3.63, 3.8) is 0 Å². The van der Waals surface area contributed by atoms with Gasteiger partial charge in [-0.05, 0) is 27.6 Å². The monoisotopic (exact) mass is 395 g/mol. The zero-order chi connectivity index (χ0) is 19.9. The van der Waals surface area contributed by atoms with Crippen molar-refractivity contribution in [2.45, 2.75) is 110 Å². The van der Waals surface area contributed by atoms with E-state index in [9.17, 15) is 9.32 Å². The quantitative estimate of drug-likeness (QED) is 0.320. The van der Waals surface area contributed by atoms with Crippen LogP contribution in [0.4, 0.5) is 0 Å². The van der Waals surface area contributed by atoms with Crippen molar-refractivity contribution in [3.05, 3.63) is 0 Å². The normalized spacial score (nSPS) is 11.1. The Bertz CT molecular complexity index is 239. The molecular formula is C21H46ClNO3. The maximum atomic E-state index is 10.1. The third-order valence-electron chi connectivity index (χ3n) is 4.16. The Labute approximate surface area is 167 Å². The number of hydrogen-bond donors (Lipinski definition) is 0. The topological polar surface area (TPSA) is 58.6 Å². The fraction of sp³-hybridized carbons (Fsp3) is 1.00. The molecule has 0 heterocycles. The summed E-state index contributed by atoms with van der Waals surface area (Å²) < 4.78 is 24.6. The van der Waals surface area contributed by atoms with Crippen molar-refractivity contribution in [3.8, 4) is 0 Å². The Hall–Kier alpha value is 0.130. The number of unbranched alkanes of at least 4 members (excludes halogenated alkanes) is 15. The zero-order valence-corrected chi connectivity index (χ0v) is 18.8. The van der Waals surface area contributed by atoms with Crippen molar-refractivity contribution in [1.29, 1.82) is 0 Å². The average Bonchev–Trinajstić information content (AvgIpc) is 2.57. The molecule has 0 aromatic rings. The van der Waals surface area contributed by atoms with Crippen LogP contribution in [-0.2, 0) is 4.29 Å². The van der Waals surface area contributed by atoms with E-state index >= 15 is 0 Å². The summed E-state index contributed by atoms with van der Waals surface area (Å²) in [7, 11) is 3.98. The molecule has 0 radical (unpaired) electrons. The van der Waals surface area contributed by atoms with Crippen molar-refractivity contribution in [1.82, 2.24) is 4.90 Å². The molecule has 0 saturated carbocycles. The van der Waals surface area contributed by atoms with E-state index in [1.165, 1.54) is 89.9 Å². The summed E-state index contributed by atoms with van der Waals surface area (Å²) in [6, 6.07) is 0. The first-order chi connectivity index (χ1) is 12.5. The van der Waals surface area contributed by atoms with Crippen LogP contribution in [0, 0.1) is 10.8 Å².